The summed E-state index contributed by atoms with van der Waals surface area (Å²) in [6.45, 7) is 13.6. The number of hydrogen-bond donors (Lipinski definition) is 0. The Hall–Kier alpha value is 0.674. The molecule has 0 fully saturated rings. The number of nitrogens with zero attached hydrogens (tertiary/aromatic N) is 1. The molecule has 0 saturated heterocycles. The minimum absolute atomic E-state index is 0. The summed E-state index contributed by atoms with van der Waals surface area (Å²) in [5, 5.41) is 0. The maximum absolute atomic E-state index is 3.85. The van der Waals surface area contributed by atoms with Crippen LogP contribution in [0.1, 0.15) is 27.7 Å². The van der Waals surface area contributed by atoms with Gasteiger partial charge in [-0.15, -0.1) is 0 Å². The van der Waals surface area contributed by atoms with Crippen molar-refractivity contribution in [1.82, 2.24) is 4.90 Å². The number of rotatable bonds is 3. The molecule has 0 aliphatic rings. The van der Waals surface area contributed by atoms with Gasteiger partial charge in [0.05, 0.1) is 0 Å². The molecule has 0 rings (SSSR count). The van der Waals surface area contributed by atoms with Gasteiger partial charge in [-0.3, -0.25) is 4.90 Å². The second-order valence-corrected chi connectivity index (χ2v) is 2.93. The third-order valence-electron chi connectivity index (χ3n) is 1.58. The van der Waals surface area contributed by atoms with Crippen LogP contribution in [-0.4, -0.2) is 23.5 Å². The molecule has 0 unspecified atom stereocenters. The van der Waals surface area contributed by atoms with Crippen molar-refractivity contribution in [3.05, 3.63) is 6.92 Å². The van der Waals surface area contributed by atoms with Crippen molar-refractivity contribution in [3.8, 4) is 0 Å². The molecule has 0 aliphatic heterocycles. The van der Waals surface area contributed by atoms with Crippen LogP contribution in [0.25, 0.3) is 0 Å². The first-order valence-electron chi connectivity index (χ1n) is 3.64. The van der Waals surface area contributed by atoms with Crippen molar-refractivity contribution in [2.75, 3.05) is 6.54 Å². The monoisotopic (exact) mass is 176 g/mol. The van der Waals surface area contributed by atoms with Crippen LogP contribution < -0.4 is 0 Å². The molecular weight excluding hydrogens is 158 g/mol. The zero-order valence-corrected chi connectivity index (χ0v) is 9.08. The van der Waals surface area contributed by atoms with E-state index in [1.54, 1.807) is 0 Å². The minimum Gasteiger partial charge on any atom is -0.299 e. The molecule has 0 aromatic heterocycles. The smallest absolute Gasteiger partial charge is 0.00412 e. The third-order valence-corrected chi connectivity index (χ3v) is 1.58. The van der Waals surface area contributed by atoms with E-state index in [0.717, 1.165) is 6.54 Å². The second-order valence-electron chi connectivity index (χ2n) is 2.93. The minimum atomic E-state index is 0. The Bertz CT molecular complexity index is 63.7. The first-order chi connectivity index (χ1) is 4.09. The van der Waals surface area contributed by atoms with Crippen molar-refractivity contribution < 1.29 is 21.7 Å². The molecule has 0 aromatic carbocycles. The average molecular weight is 176 g/mol. The molecule has 2 heteroatoms. The van der Waals surface area contributed by atoms with E-state index in [9.17, 15) is 0 Å². The molecule has 0 N–H and O–H groups in total. The summed E-state index contributed by atoms with van der Waals surface area (Å²) in [6, 6.07) is 1.25. The van der Waals surface area contributed by atoms with Crippen molar-refractivity contribution >= 4 is 0 Å². The van der Waals surface area contributed by atoms with Gasteiger partial charge in [0.25, 0.3) is 0 Å². The molecule has 0 saturated carbocycles. The summed E-state index contributed by atoms with van der Waals surface area (Å²) in [7, 11) is 0. The predicted molar refractivity (Wildman–Crippen MR) is 42.3 cm³/mol. The summed E-state index contributed by atoms with van der Waals surface area (Å²) >= 11 is 0. The van der Waals surface area contributed by atoms with E-state index in [-0.39, 0.29) is 21.7 Å². The molecule has 0 aliphatic carbocycles. The van der Waals surface area contributed by atoms with Gasteiger partial charge in [0.15, 0.2) is 0 Å². The predicted octanol–water partition coefficient (Wildman–Crippen LogP) is 1.94. The van der Waals surface area contributed by atoms with E-state index < -0.39 is 0 Å². The molecular formula is C8H18NTi. The zero-order chi connectivity index (χ0) is 7.44. The Morgan fingerprint density at radius 1 is 1.10 bits per heavy atom. The van der Waals surface area contributed by atoms with Gasteiger partial charge < -0.3 is 0 Å². The van der Waals surface area contributed by atoms with Crippen molar-refractivity contribution in [1.29, 1.82) is 0 Å². The Labute approximate surface area is 80.1 Å². The third kappa shape index (κ3) is 4.48. The fourth-order valence-corrected chi connectivity index (χ4v) is 1.11. The topological polar surface area (TPSA) is 3.24 Å². The van der Waals surface area contributed by atoms with Gasteiger partial charge in [-0.1, -0.05) is 0 Å². The Morgan fingerprint density at radius 2 is 1.40 bits per heavy atom. The van der Waals surface area contributed by atoms with E-state index in [4.69, 9.17) is 0 Å². The van der Waals surface area contributed by atoms with Gasteiger partial charge >= 0.3 is 0 Å². The van der Waals surface area contributed by atoms with Gasteiger partial charge in [0.2, 0.25) is 0 Å². The molecule has 0 atom stereocenters. The average Bonchev–Trinajstić information content (AvgIpc) is 1.64. The standard InChI is InChI=1S/C8H18N.Ti/c1-6-9(7(2)3)8(4)5;/h7-8H,1,6H2,2-5H3;. The van der Waals surface area contributed by atoms with Crippen molar-refractivity contribution in [2.45, 2.75) is 39.8 Å². The summed E-state index contributed by atoms with van der Waals surface area (Å²) in [5.41, 5.74) is 0. The summed E-state index contributed by atoms with van der Waals surface area (Å²) in [5.74, 6) is 0. The summed E-state index contributed by atoms with van der Waals surface area (Å²) < 4.78 is 0. The van der Waals surface area contributed by atoms with E-state index in [1.165, 1.54) is 0 Å². The Kier molecular flexibility index (Phi) is 8.48. The van der Waals surface area contributed by atoms with Crippen LogP contribution in [0.3, 0.4) is 0 Å². The Morgan fingerprint density at radius 3 is 1.40 bits per heavy atom. The summed E-state index contributed by atoms with van der Waals surface area (Å²) in [6.07, 6.45) is 0. The van der Waals surface area contributed by atoms with Crippen LogP contribution in [0.15, 0.2) is 0 Å². The SMILES string of the molecule is [CH2]CN(C(C)C)C(C)C.[Ti]. The van der Waals surface area contributed by atoms with Crippen LogP contribution in [-0.2, 0) is 21.7 Å². The van der Waals surface area contributed by atoms with E-state index in [0.29, 0.717) is 12.1 Å². The van der Waals surface area contributed by atoms with Crippen LogP contribution in [0.2, 0.25) is 0 Å². The molecule has 0 aromatic rings. The molecule has 59 valence electrons. The zero-order valence-electron chi connectivity index (χ0n) is 7.52. The molecule has 10 heavy (non-hydrogen) atoms. The largest absolute Gasteiger partial charge is 0.299 e. The molecule has 0 heterocycles. The van der Waals surface area contributed by atoms with Crippen LogP contribution in [0, 0.1) is 6.92 Å². The molecule has 0 spiro atoms. The van der Waals surface area contributed by atoms with Crippen molar-refractivity contribution in [2.24, 2.45) is 0 Å². The fraction of sp³-hybridized carbons (Fsp3) is 0.875. The van der Waals surface area contributed by atoms with E-state index in [2.05, 4.69) is 39.5 Å². The second kappa shape index (κ2) is 6.39. The van der Waals surface area contributed by atoms with Crippen LogP contribution >= 0.6 is 0 Å². The summed E-state index contributed by atoms with van der Waals surface area (Å²) in [4.78, 5) is 2.35. The van der Waals surface area contributed by atoms with Gasteiger partial charge in [0, 0.05) is 33.8 Å². The first-order valence-corrected chi connectivity index (χ1v) is 3.64. The maximum Gasteiger partial charge on any atom is 0.00412 e. The quantitative estimate of drug-likeness (QED) is 0.594. The van der Waals surface area contributed by atoms with E-state index >= 15 is 0 Å². The fourth-order valence-electron chi connectivity index (χ4n) is 1.11. The normalized spacial score (nSPS) is 10.8. The molecule has 1 radical (unpaired) electrons. The molecule has 1 nitrogen and oxygen atoms in total. The van der Waals surface area contributed by atoms with E-state index in [1.807, 2.05) is 0 Å². The number of hydrogen-bond acceptors (Lipinski definition) is 1. The first kappa shape index (κ1) is 13.3. The maximum atomic E-state index is 3.85. The Balaban J connectivity index is 0. The van der Waals surface area contributed by atoms with Gasteiger partial charge in [-0.25, -0.2) is 0 Å². The van der Waals surface area contributed by atoms with Crippen LogP contribution in [0.4, 0.5) is 0 Å². The van der Waals surface area contributed by atoms with Crippen LogP contribution in [0.5, 0.6) is 0 Å². The van der Waals surface area contributed by atoms with Gasteiger partial charge in [-0.2, -0.15) is 0 Å². The van der Waals surface area contributed by atoms with Gasteiger partial charge in [-0.05, 0) is 41.2 Å². The van der Waals surface area contributed by atoms with Crippen molar-refractivity contribution in [3.63, 3.8) is 0 Å². The van der Waals surface area contributed by atoms with Gasteiger partial charge in [0.1, 0.15) is 0 Å². The molecule has 0 bridgehead atoms. The molecule has 0 amide bonds.